The zero-order chi connectivity index (χ0) is 14.5. The third kappa shape index (κ3) is 4.92. The number of rotatable bonds is 5. The van der Waals surface area contributed by atoms with Gasteiger partial charge in [-0.15, -0.1) is 0 Å². The lowest BCUT2D eigenvalue weighted by Crippen LogP contribution is -2.38. The van der Waals surface area contributed by atoms with Gasteiger partial charge in [-0.1, -0.05) is 52.0 Å². The van der Waals surface area contributed by atoms with Crippen molar-refractivity contribution in [2.24, 2.45) is 11.8 Å². The van der Waals surface area contributed by atoms with Crippen molar-refractivity contribution >= 4 is 0 Å². The van der Waals surface area contributed by atoms with Gasteiger partial charge in [0.15, 0.2) is 0 Å². The van der Waals surface area contributed by atoms with Crippen molar-refractivity contribution in [1.29, 1.82) is 0 Å². The van der Waals surface area contributed by atoms with Crippen molar-refractivity contribution in [3.05, 3.63) is 35.4 Å². The highest BCUT2D eigenvalue weighted by atomic mass is 15.1. The number of hydrogen-bond acceptors (Lipinski definition) is 2. The minimum atomic E-state index is 0.544. The van der Waals surface area contributed by atoms with Gasteiger partial charge in [0.25, 0.3) is 0 Å². The third-order valence-electron chi connectivity index (χ3n) is 4.06. The molecule has 2 nitrogen and oxygen atoms in total. The molecule has 0 amide bonds. The highest BCUT2D eigenvalue weighted by Crippen LogP contribution is 2.22. The molecule has 0 bridgehead atoms. The average Bonchev–Trinajstić information content (AvgIpc) is 2.35. The minimum absolute atomic E-state index is 0.544. The van der Waals surface area contributed by atoms with Crippen LogP contribution in [0.15, 0.2) is 24.3 Å². The Labute approximate surface area is 124 Å². The number of likely N-dealkylation sites (tertiary alicyclic amines) is 1. The van der Waals surface area contributed by atoms with Crippen LogP contribution in [0.5, 0.6) is 0 Å². The van der Waals surface area contributed by atoms with Crippen LogP contribution in [-0.2, 0) is 13.1 Å². The molecule has 0 saturated carbocycles. The van der Waals surface area contributed by atoms with Gasteiger partial charge in [-0.05, 0) is 29.4 Å². The summed E-state index contributed by atoms with van der Waals surface area (Å²) in [5, 5.41) is 3.49. The Kier molecular flexibility index (Phi) is 5.62. The van der Waals surface area contributed by atoms with Crippen LogP contribution < -0.4 is 5.32 Å². The van der Waals surface area contributed by atoms with Gasteiger partial charge in [0.1, 0.15) is 0 Å². The van der Waals surface area contributed by atoms with Crippen LogP contribution in [0.3, 0.4) is 0 Å². The Bertz CT molecular complexity index is 404. The first-order valence-electron chi connectivity index (χ1n) is 8.06. The number of nitrogens with zero attached hydrogens (tertiary/aromatic N) is 1. The second-order valence-corrected chi connectivity index (χ2v) is 7.00. The molecule has 0 aliphatic carbocycles. The summed E-state index contributed by atoms with van der Waals surface area (Å²) in [6, 6.07) is 9.59. The van der Waals surface area contributed by atoms with E-state index in [1.807, 2.05) is 0 Å². The fourth-order valence-corrected chi connectivity index (χ4v) is 3.34. The summed E-state index contributed by atoms with van der Waals surface area (Å²) in [6.07, 6.45) is 1.38. The van der Waals surface area contributed by atoms with Crippen LogP contribution in [0.1, 0.15) is 45.2 Å². The van der Waals surface area contributed by atoms with Crippen LogP contribution in [0.2, 0.25) is 0 Å². The van der Waals surface area contributed by atoms with E-state index >= 15 is 0 Å². The summed E-state index contributed by atoms with van der Waals surface area (Å²) in [5.41, 5.74) is 2.85. The van der Waals surface area contributed by atoms with Gasteiger partial charge in [-0.25, -0.2) is 0 Å². The SMILES string of the molecule is CC1CC(C)CN(Cc2cccc(CNC(C)C)c2)C1. The maximum Gasteiger partial charge on any atom is 0.0234 e. The fraction of sp³-hybridized carbons (Fsp3) is 0.667. The van der Waals surface area contributed by atoms with Gasteiger partial charge in [0, 0.05) is 32.2 Å². The molecule has 0 radical (unpaired) electrons. The lowest BCUT2D eigenvalue weighted by atomic mass is 9.91. The largest absolute Gasteiger partial charge is 0.310 e. The predicted molar refractivity (Wildman–Crippen MR) is 86.6 cm³/mol. The Morgan fingerprint density at radius 3 is 2.45 bits per heavy atom. The number of benzene rings is 1. The quantitative estimate of drug-likeness (QED) is 0.881. The first kappa shape index (κ1) is 15.5. The second kappa shape index (κ2) is 7.24. The Morgan fingerprint density at radius 2 is 1.80 bits per heavy atom. The van der Waals surface area contributed by atoms with E-state index in [1.54, 1.807) is 0 Å². The van der Waals surface area contributed by atoms with E-state index in [2.05, 4.69) is 62.2 Å². The molecule has 20 heavy (non-hydrogen) atoms. The smallest absolute Gasteiger partial charge is 0.0234 e. The van der Waals surface area contributed by atoms with Crippen molar-refractivity contribution in [3.8, 4) is 0 Å². The van der Waals surface area contributed by atoms with Gasteiger partial charge in [0.2, 0.25) is 0 Å². The first-order chi connectivity index (χ1) is 9.52. The maximum atomic E-state index is 3.49. The second-order valence-electron chi connectivity index (χ2n) is 7.00. The minimum Gasteiger partial charge on any atom is -0.310 e. The molecule has 1 aromatic carbocycles. The molecule has 112 valence electrons. The maximum absolute atomic E-state index is 3.49. The van der Waals surface area contributed by atoms with Crippen LogP contribution in [0, 0.1) is 11.8 Å². The van der Waals surface area contributed by atoms with E-state index in [9.17, 15) is 0 Å². The topological polar surface area (TPSA) is 15.3 Å². The van der Waals surface area contributed by atoms with Gasteiger partial charge < -0.3 is 5.32 Å². The highest BCUT2D eigenvalue weighted by molar-refractivity contribution is 5.23. The normalized spacial score (nSPS) is 24.2. The summed E-state index contributed by atoms with van der Waals surface area (Å²) >= 11 is 0. The molecule has 1 aromatic rings. The molecule has 1 N–H and O–H groups in total. The van der Waals surface area contributed by atoms with Crippen LogP contribution in [-0.4, -0.2) is 24.0 Å². The van der Waals surface area contributed by atoms with Crippen molar-refractivity contribution < 1.29 is 0 Å². The molecule has 1 heterocycles. The Hall–Kier alpha value is -0.860. The van der Waals surface area contributed by atoms with Gasteiger partial charge >= 0.3 is 0 Å². The summed E-state index contributed by atoms with van der Waals surface area (Å²) in [5.74, 6) is 1.68. The van der Waals surface area contributed by atoms with Crippen molar-refractivity contribution in [1.82, 2.24) is 10.2 Å². The van der Waals surface area contributed by atoms with Crippen LogP contribution in [0.4, 0.5) is 0 Å². The molecule has 1 aliphatic rings. The van der Waals surface area contributed by atoms with E-state index in [0.717, 1.165) is 24.9 Å². The molecule has 0 aromatic heterocycles. The monoisotopic (exact) mass is 274 g/mol. The van der Waals surface area contributed by atoms with Gasteiger partial charge in [0.05, 0.1) is 0 Å². The molecular weight excluding hydrogens is 244 g/mol. The van der Waals surface area contributed by atoms with Gasteiger partial charge in [-0.3, -0.25) is 4.90 Å². The van der Waals surface area contributed by atoms with Crippen LogP contribution >= 0.6 is 0 Å². The summed E-state index contributed by atoms with van der Waals surface area (Å²) in [4.78, 5) is 2.62. The van der Waals surface area contributed by atoms with Crippen molar-refractivity contribution in [2.75, 3.05) is 13.1 Å². The van der Waals surface area contributed by atoms with Crippen LogP contribution in [0.25, 0.3) is 0 Å². The van der Waals surface area contributed by atoms with E-state index in [0.29, 0.717) is 6.04 Å². The van der Waals surface area contributed by atoms with Crippen molar-refractivity contribution in [2.45, 2.75) is 53.2 Å². The molecule has 0 spiro atoms. The molecule has 1 aliphatic heterocycles. The average molecular weight is 274 g/mol. The first-order valence-corrected chi connectivity index (χ1v) is 8.06. The van der Waals surface area contributed by atoms with Gasteiger partial charge in [-0.2, -0.15) is 0 Å². The number of hydrogen-bond donors (Lipinski definition) is 1. The lowest BCUT2D eigenvalue weighted by Gasteiger charge is -2.35. The molecule has 1 saturated heterocycles. The lowest BCUT2D eigenvalue weighted by molar-refractivity contribution is 0.134. The molecule has 2 rings (SSSR count). The van der Waals surface area contributed by atoms with E-state index < -0.39 is 0 Å². The fourth-order valence-electron chi connectivity index (χ4n) is 3.34. The number of piperidine rings is 1. The number of nitrogens with one attached hydrogen (secondary N) is 1. The van der Waals surface area contributed by atoms with Crippen molar-refractivity contribution in [3.63, 3.8) is 0 Å². The highest BCUT2D eigenvalue weighted by Gasteiger charge is 2.21. The third-order valence-corrected chi connectivity index (χ3v) is 4.06. The van der Waals surface area contributed by atoms with E-state index in [4.69, 9.17) is 0 Å². The van der Waals surface area contributed by atoms with E-state index in [1.165, 1.54) is 30.6 Å². The standard InChI is InChI=1S/C18H30N2/c1-14(2)19-10-17-6-5-7-18(9-17)13-20-11-15(3)8-16(4)12-20/h5-7,9,14-16,19H,8,10-13H2,1-4H3. The zero-order valence-corrected chi connectivity index (χ0v) is 13.5. The molecular formula is C18H30N2. The molecule has 2 atom stereocenters. The van der Waals surface area contributed by atoms with E-state index in [-0.39, 0.29) is 0 Å². The molecule has 2 unspecified atom stereocenters. The zero-order valence-electron chi connectivity index (χ0n) is 13.5. The predicted octanol–water partition coefficient (Wildman–Crippen LogP) is 3.66. The molecule has 1 fully saturated rings. The Balaban J connectivity index is 1.93. The summed E-state index contributed by atoms with van der Waals surface area (Å²) in [7, 11) is 0. The summed E-state index contributed by atoms with van der Waals surface area (Å²) < 4.78 is 0. The molecule has 2 heteroatoms. The summed E-state index contributed by atoms with van der Waals surface area (Å²) in [6.45, 7) is 13.7. The Morgan fingerprint density at radius 1 is 1.15 bits per heavy atom.